The van der Waals surface area contributed by atoms with Gasteiger partial charge in [-0.15, -0.1) is 0 Å². The molecule has 3 heterocycles. The summed E-state index contributed by atoms with van der Waals surface area (Å²) in [5.41, 5.74) is 2.87. The maximum Gasteiger partial charge on any atom is 0.256 e. The van der Waals surface area contributed by atoms with E-state index < -0.39 is 0 Å². The van der Waals surface area contributed by atoms with Crippen LogP contribution in [0, 0.1) is 12.8 Å². The number of aromatic nitrogens is 4. The molecule has 0 radical (unpaired) electrons. The normalized spacial score (nSPS) is 15.7. The van der Waals surface area contributed by atoms with Crippen molar-refractivity contribution in [1.82, 2.24) is 24.3 Å². The molecule has 0 aromatic carbocycles. The average Bonchev–Trinajstić information content (AvgIpc) is 3.07. The van der Waals surface area contributed by atoms with Crippen molar-refractivity contribution in [2.45, 2.75) is 32.7 Å². The smallest absolute Gasteiger partial charge is 0.256 e. The monoisotopic (exact) mass is 327 g/mol. The van der Waals surface area contributed by atoms with Crippen molar-refractivity contribution in [3.63, 3.8) is 0 Å². The van der Waals surface area contributed by atoms with Crippen LogP contribution >= 0.6 is 11.5 Å². The van der Waals surface area contributed by atoms with E-state index in [-0.39, 0.29) is 11.9 Å². The van der Waals surface area contributed by atoms with E-state index in [4.69, 9.17) is 0 Å². The molecule has 7 heteroatoms. The number of carbonyl (C=O) groups excluding carboxylic acids is 1. The molecule has 1 N–H and O–H groups in total. The van der Waals surface area contributed by atoms with Gasteiger partial charge >= 0.3 is 0 Å². The second-order valence-corrected chi connectivity index (χ2v) is 6.89. The number of nitrogens with one attached hydrogen (secondary N) is 1. The fourth-order valence-corrected chi connectivity index (χ4v) is 3.30. The van der Waals surface area contributed by atoms with Crippen molar-refractivity contribution in [2.24, 2.45) is 5.92 Å². The van der Waals surface area contributed by atoms with Crippen molar-refractivity contribution >= 4 is 23.1 Å². The van der Waals surface area contributed by atoms with Crippen LogP contribution in [-0.4, -0.2) is 30.9 Å². The minimum Gasteiger partial charge on any atom is -0.349 e. The molecule has 0 bridgehead atoms. The first-order valence-electron chi connectivity index (χ1n) is 7.71. The van der Waals surface area contributed by atoms with Gasteiger partial charge in [-0.1, -0.05) is 0 Å². The Bertz CT molecular complexity index is 866. The molecule has 6 nitrogen and oxygen atoms in total. The predicted octanol–water partition coefficient (Wildman–Crippen LogP) is 2.69. The summed E-state index contributed by atoms with van der Waals surface area (Å²) in [5.74, 6) is 0.510. The number of rotatable bonds is 4. The Labute approximate surface area is 137 Å². The van der Waals surface area contributed by atoms with E-state index in [1.165, 1.54) is 24.4 Å². The van der Waals surface area contributed by atoms with Gasteiger partial charge in [-0.25, -0.2) is 13.9 Å². The maximum atomic E-state index is 12.6. The fourth-order valence-electron chi connectivity index (χ4n) is 2.75. The lowest BCUT2D eigenvalue weighted by atomic mass is 10.2. The summed E-state index contributed by atoms with van der Waals surface area (Å²) < 4.78 is 5.83. The molecular formula is C16H17N5OS. The number of nitrogens with zero attached hydrogens (tertiary/aromatic N) is 4. The topological polar surface area (TPSA) is 72.2 Å². The molecule has 1 fully saturated rings. The highest BCUT2D eigenvalue weighted by Crippen LogP contribution is 2.32. The van der Waals surface area contributed by atoms with Gasteiger partial charge in [-0.3, -0.25) is 4.79 Å². The molecule has 0 spiro atoms. The maximum absolute atomic E-state index is 12.6. The second-order valence-electron chi connectivity index (χ2n) is 6.05. The quantitative estimate of drug-likeness (QED) is 0.799. The van der Waals surface area contributed by atoms with Crippen LogP contribution in [0.25, 0.3) is 16.2 Å². The van der Waals surface area contributed by atoms with E-state index in [1.54, 1.807) is 16.9 Å². The third-order valence-electron chi connectivity index (χ3n) is 4.27. The summed E-state index contributed by atoms with van der Waals surface area (Å²) in [5, 5.41) is 7.38. The van der Waals surface area contributed by atoms with E-state index in [0.29, 0.717) is 17.1 Å². The lowest BCUT2D eigenvalue weighted by molar-refractivity contribution is 0.0937. The zero-order valence-electron chi connectivity index (χ0n) is 13.0. The van der Waals surface area contributed by atoms with Gasteiger partial charge in [0.2, 0.25) is 0 Å². The van der Waals surface area contributed by atoms with Gasteiger partial charge in [0.15, 0.2) is 5.65 Å². The van der Waals surface area contributed by atoms with Crippen molar-refractivity contribution in [3.05, 3.63) is 35.8 Å². The Morgan fingerprint density at radius 1 is 1.48 bits per heavy atom. The fraction of sp³-hybridized carbons (Fsp3) is 0.375. The molecule has 1 amide bonds. The Balaban J connectivity index is 1.73. The van der Waals surface area contributed by atoms with Gasteiger partial charge in [-0.05, 0) is 56.3 Å². The van der Waals surface area contributed by atoms with Gasteiger partial charge in [-0.2, -0.15) is 5.10 Å². The molecule has 0 aliphatic heterocycles. The molecule has 1 saturated carbocycles. The molecule has 4 rings (SSSR count). The molecule has 1 aliphatic rings. The number of aryl methyl sites for hydroxylation is 1. The standard InChI is InChI=1S/C16H17N5OS/c1-9-7-13(14-5-6-18-23-14)20-15-12(8-17-21(9)15)16(22)19-10(2)11-3-4-11/h5-8,10-11H,3-4H2,1-2H3,(H,19,22)/t10-/m0/s1. The number of amides is 1. The molecule has 1 aliphatic carbocycles. The van der Waals surface area contributed by atoms with Gasteiger partial charge in [0.05, 0.1) is 16.8 Å². The molecule has 118 valence electrons. The lowest BCUT2D eigenvalue weighted by Crippen LogP contribution is -2.34. The molecule has 3 aromatic rings. The summed E-state index contributed by atoms with van der Waals surface area (Å²) in [6, 6.07) is 4.08. The average molecular weight is 327 g/mol. The Hall–Kier alpha value is -2.28. The minimum atomic E-state index is -0.104. The van der Waals surface area contributed by atoms with E-state index >= 15 is 0 Å². The van der Waals surface area contributed by atoms with Crippen LogP contribution in [0.1, 0.15) is 35.8 Å². The summed E-state index contributed by atoms with van der Waals surface area (Å²) in [6.45, 7) is 4.02. The van der Waals surface area contributed by atoms with Crippen molar-refractivity contribution in [2.75, 3.05) is 0 Å². The highest BCUT2D eigenvalue weighted by Gasteiger charge is 2.29. The van der Waals surface area contributed by atoms with Crippen LogP contribution in [0.5, 0.6) is 0 Å². The molecular weight excluding hydrogens is 310 g/mol. The first-order valence-corrected chi connectivity index (χ1v) is 8.48. The molecule has 3 aromatic heterocycles. The van der Waals surface area contributed by atoms with Gasteiger partial charge in [0.1, 0.15) is 5.56 Å². The Morgan fingerprint density at radius 3 is 3.00 bits per heavy atom. The highest BCUT2D eigenvalue weighted by molar-refractivity contribution is 7.09. The van der Waals surface area contributed by atoms with Crippen LogP contribution in [-0.2, 0) is 0 Å². The van der Waals surface area contributed by atoms with Gasteiger partial charge < -0.3 is 5.32 Å². The first kappa shape index (κ1) is 14.3. The van der Waals surface area contributed by atoms with Gasteiger partial charge in [0, 0.05) is 17.9 Å². The summed E-state index contributed by atoms with van der Waals surface area (Å²) in [7, 11) is 0. The molecule has 1 atom stereocenters. The number of hydrogen-bond acceptors (Lipinski definition) is 5. The number of hydrogen-bond donors (Lipinski definition) is 1. The van der Waals surface area contributed by atoms with E-state index in [2.05, 4.69) is 26.7 Å². The molecule has 23 heavy (non-hydrogen) atoms. The minimum absolute atomic E-state index is 0.104. The zero-order chi connectivity index (χ0) is 16.0. The van der Waals surface area contributed by atoms with Crippen molar-refractivity contribution < 1.29 is 4.79 Å². The first-order chi connectivity index (χ1) is 11.1. The summed E-state index contributed by atoms with van der Waals surface area (Å²) in [4.78, 5) is 18.2. The molecule has 0 saturated heterocycles. The Kier molecular flexibility index (Phi) is 3.37. The lowest BCUT2D eigenvalue weighted by Gasteiger charge is -2.12. The SMILES string of the molecule is Cc1cc(-c2ccns2)nc2c(C(=O)N[C@@H](C)C3CC3)cnn12. The van der Waals surface area contributed by atoms with Crippen LogP contribution < -0.4 is 5.32 Å². The number of fused-ring (bicyclic) bond motifs is 1. The largest absolute Gasteiger partial charge is 0.349 e. The van der Waals surface area contributed by atoms with E-state index in [0.717, 1.165) is 16.3 Å². The zero-order valence-corrected chi connectivity index (χ0v) is 13.8. The van der Waals surface area contributed by atoms with E-state index in [1.807, 2.05) is 19.1 Å². The third kappa shape index (κ3) is 2.61. The van der Waals surface area contributed by atoms with E-state index in [9.17, 15) is 4.79 Å². The summed E-state index contributed by atoms with van der Waals surface area (Å²) in [6.07, 6.45) is 5.75. The third-order valence-corrected chi connectivity index (χ3v) is 5.04. The van der Waals surface area contributed by atoms with Crippen molar-refractivity contribution in [3.8, 4) is 10.6 Å². The highest BCUT2D eigenvalue weighted by atomic mass is 32.1. The predicted molar refractivity (Wildman–Crippen MR) is 88.5 cm³/mol. The van der Waals surface area contributed by atoms with Gasteiger partial charge in [0.25, 0.3) is 5.91 Å². The van der Waals surface area contributed by atoms with Crippen LogP contribution in [0.3, 0.4) is 0 Å². The number of carbonyl (C=O) groups is 1. The van der Waals surface area contributed by atoms with Crippen LogP contribution in [0.4, 0.5) is 0 Å². The Morgan fingerprint density at radius 2 is 2.30 bits per heavy atom. The van der Waals surface area contributed by atoms with Crippen LogP contribution in [0.15, 0.2) is 24.5 Å². The summed E-state index contributed by atoms with van der Waals surface area (Å²) >= 11 is 1.39. The van der Waals surface area contributed by atoms with Crippen LogP contribution in [0.2, 0.25) is 0 Å². The second kappa shape index (κ2) is 5.42. The van der Waals surface area contributed by atoms with Crippen molar-refractivity contribution in [1.29, 1.82) is 0 Å². The molecule has 0 unspecified atom stereocenters.